The number of carbonyl (C=O) groups is 2. The average Bonchev–Trinajstić information content (AvgIpc) is 2.50. The van der Waals surface area contributed by atoms with Crippen molar-refractivity contribution < 1.29 is 14.7 Å². The van der Waals surface area contributed by atoms with E-state index in [4.69, 9.17) is 10.8 Å². The first kappa shape index (κ1) is 17.1. The summed E-state index contributed by atoms with van der Waals surface area (Å²) in [5, 5.41) is 14.1. The summed E-state index contributed by atoms with van der Waals surface area (Å²) in [6.45, 7) is 3.97. The maximum Gasteiger partial charge on any atom is 0.239 e. The summed E-state index contributed by atoms with van der Waals surface area (Å²) >= 11 is 0. The second kappa shape index (κ2) is 8.39. The highest BCUT2D eigenvalue weighted by atomic mass is 16.3. The highest BCUT2D eigenvalue weighted by molar-refractivity contribution is 5.87. The quantitative estimate of drug-likeness (QED) is 0.563. The standard InChI is InChI=1S/C15H23N3O3/c1-10(2)14(16)15(21)18-8-13(20)17-7-11-3-5-12(9-19)6-4-11/h3-6,10,14,19H,7-9,16H2,1-2H3,(H,17,20)(H,18,21)/t14-/m0/s1. The van der Waals surface area contributed by atoms with Gasteiger partial charge < -0.3 is 21.5 Å². The third-order valence-corrected chi connectivity index (χ3v) is 3.14. The monoisotopic (exact) mass is 293 g/mol. The Morgan fingerprint density at radius 2 is 1.71 bits per heavy atom. The molecule has 0 unspecified atom stereocenters. The number of aliphatic hydroxyl groups excluding tert-OH is 1. The van der Waals surface area contributed by atoms with Gasteiger partial charge in [-0.3, -0.25) is 9.59 Å². The summed E-state index contributed by atoms with van der Waals surface area (Å²) in [6.07, 6.45) is 0. The Bertz CT molecular complexity index is 472. The third-order valence-electron chi connectivity index (χ3n) is 3.14. The van der Waals surface area contributed by atoms with E-state index in [1.807, 2.05) is 26.0 Å². The van der Waals surface area contributed by atoms with Crippen LogP contribution in [-0.2, 0) is 22.7 Å². The first-order chi connectivity index (χ1) is 9.93. The van der Waals surface area contributed by atoms with Gasteiger partial charge in [-0.2, -0.15) is 0 Å². The van der Waals surface area contributed by atoms with Crippen molar-refractivity contribution >= 4 is 11.8 Å². The fourth-order valence-electron chi connectivity index (χ4n) is 1.61. The van der Waals surface area contributed by atoms with Crippen LogP contribution in [0.3, 0.4) is 0 Å². The minimum absolute atomic E-state index is 0.00518. The molecule has 0 aliphatic carbocycles. The van der Waals surface area contributed by atoms with E-state index in [9.17, 15) is 9.59 Å². The van der Waals surface area contributed by atoms with Crippen LogP contribution in [0.1, 0.15) is 25.0 Å². The summed E-state index contributed by atoms with van der Waals surface area (Å²) in [5.74, 6) is -0.573. The van der Waals surface area contributed by atoms with Crippen molar-refractivity contribution in [3.8, 4) is 0 Å². The zero-order valence-electron chi connectivity index (χ0n) is 12.4. The molecule has 1 aromatic carbocycles. The van der Waals surface area contributed by atoms with Crippen molar-refractivity contribution in [1.82, 2.24) is 10.6 Å². The average molecular weight is 293 g/mol. The molecule has 0 fully saturated rings. The number of rotatable bonds is 7. The molecule has 0 aromatic heterocycles. The number of nitrogens with two attached hydrogens (primary N) is 1. The van der Waals surface area contributed by atoms with E-state index < -0.39 is 6.04 Å². The lowest BCUT2D eigenvalue weighted by molar-refractivity contribution is -0.127. The van der Waals surface area contributed by atoms with Crippen LogP contribution in [0.2, 0.25) is 0 Å². The topological polar surface area (TPSA) is 104 Å². The van der Waals surface area contributed by atoms with Crippen molar-refractivity contribution in [2.75, 3.05) is 6.54 Å². The summed E-state index contributed by atoms with van der Waals surface area (Å²) < 4.78 is 0. The van der Waals surface area contributed by atoms with Crippen LogP contribution in [0.25, 0.3) is 0 Å². The van der Waals surface area contributed by atoms with Gasteiger partial charge in [-0.15, -0.1) is 0 Å². The Morgan fingerprint density at radius 1 is 1.14 bits per heavy atom. The summed E-state index contributed by atoms with van der Waals surface area (Å²) in [6, 6.07) is 6.65. The second-order valence-electron chi connectivity index (χ2n) is 5.24. The molecule has 0 aliphatic heterocycles. The van der Waals surface area contributed by atoms with Crippen molar-refractivity contribution in [2.45, 2.75) is 33.0 Å². The molecule has 0 aliphatic rings. The van der Waals surface area contributed by atoms with Crippen molar-refractivity contribution in [2.24, 2.45) is 11.7 Å². The minimum atomic E-state index is -0.608. The van der Waals surface area contributed by atoms with Gasteiger partial charge >= 0.3 is 0 Å². The lowest BCUT2D eigenvalue weighted by Crippen LogP contribution is -2.47. The van der Waals surface area contributed by atoms with Crippen LogP contribution in [0.5, 0.6) is 0 Å². The van der Waals surface area contributed by atoms with Crippen LogP contribution in [0.4, 0.5) is 0 Å². The van der Waals surface area contributed by atoms with Gasteiger partial charge in [-0.05, 0) is 17.0 Å². The van der Waals surface area contributed by atoms with E-state index in [0.29, 0.717) is 6.54 Å². The lowest BCUT2D eigenvalue weighted by Gasteiger charge is -2.15. The molecule has 1 aromatic rings. The Kier molecular flexibility index (Phi) is 6.84. The van der Waals surface area contributed by atoms with Crippen molar-refractivity contribution in [3.05, 3.63) is 35.4 Å². The van der Waals surface area contributed by atoms with Gasteiger partial charge in [0.05, 0.1) is 19.2 Å². The van der Waals surface area contributed by atoms with E-state index in [-0.39, 0.29) is 30.9 Å². The van der Waals surface area contributed by atoms with Gasteiger partial charge in [0.15, 0.2) is 0 Å². The predicted molar refractivity (Wildman–Crippen MR) is 80.0 cm³/mol. The van der Waals surface area contributed by atoms with Crippen LogP contribution < -0.4 is 16.4 Å². The van der Waals surface area contributed by atoms with E-state index >= 15 is 0 Å². The molecular formula is C15H23N3O3. The van der Waals surface area contributed by atoms with Gasteiger partial charge in [-0.1, -0.05) is 38.1 Å². The molecule has 1 atom stereocenters. The predicted octanol–water partition coefficient (Wildman–Crippen LogP) is -0.105. The molecule has 0 spiro atoms. The van der Waals surface area contributed by atoms with Crippen LogP contribution in [-0.4, -0.2) is 29.5 Å². The maximum atomic E-state index is 11.6. The number of hydrogen-bond donors (Lipinski definition) is 4. The normalized spacial score (nSPS) is 12.0. The molecule has 0 bridgehead atoms. The number of amides is 2. The lowest BCUT2D eigenvalue weighted by atomic mass is 10.1. The zero-order valence-corrected chi connectivity index (χ0v) is 12.4. The maximum absolute atomic E-state index is 11.6. The molecule has 6 nitrogen and oxygen atoms in total. The number of benzene rings is 1. The molecule has 0 saturated heterocycles. The van der Waals surface area contributed by atoms with Gasteiger partial charge in [-0.25, -0.2) is 0 Å². The smallest absolute Gasteiger partial charge is 0.239 e. The van der Waals surface area contributed by atoms with Crippen LogP contribution in [0, 0.1) is 5.92 Å². The number of hydrogen-bond acceptors (Lipinski definition) is 4. The first-order valence-corrected chi connectivity index (χ1v) is 6.92. The van der Waals surface area contributed by atoms with E-state index in [2.05, 4.69) is 10.6 Å². The Labute approximate surface area is 124 Å². The van der Waals surface area contributed by atoms with Crippen molar-refractivity contribution in [1.29, 1.82) is 0 Å². The Morgan fingerprint density at radius 3 is 2.24 bits per heavy atom. The highest BCUT2D eigenvalue weighted by Gasteiger charge is 2.17. The molecule has 1 rings (SSSR count). The summed E-state index contributed by atoms with van der Waals surface area (Å²) in [4.78, 5) is 23.2. The highest BCUT2D eigenvalue weighted by Crippen LogP contribution is 2.03. The zero-order chi connectivity index (χ0) is 15.8. The fraction of sp³-hybridized carbons (Fsp3) is 0.467. The van der Waals surface area contributed by atoms with Gasteiger partial charge in [0.25, 0.3) is 0 Å². The Hall–Kier alpha value is -1.92. The minimum Gasteiger partial charge on any atom is -0.392 e. The molecule has 0 saturated carbocycles. The first-order valence-electron chi connectivity index (χ1n) is 6.92. The van der Waals surface area contributed by atoms with Gasteiger partial charge in [0.2, 0.25) is 11.8 Å². The van der Waals surface area contributed by atoms with Crippen LogP contribution >= 0.6 is 0 Å². The van der Waals surface area contributed by atoms with E-state index in [0.717, 1.165) is 11.1 Å². The van der Waals surface area contributed by atoms with E-state index in [1.165, 1.54) is 0 Å². The summed E-state index contributed by atoms with van der Waals surface area (Å²) in [5.41, 5.74) is 7.42. The second-order valence-corrected chi connectivity index (χ2v) is 5.24. The van der Waals surface area contributed by atoms with Gasteiger partial charge in [0.1, 0.15) is 0 Å². The Balaban J connectivity index is 2.32. The molecule has 0 heterocycles. The van der Waals surface area contributed by atoms with Crippen molar-refractivity contribution in [3.63, 3.8) is 0 Å². The third kappa shape index (κ3) is 5.93. The molecule has 5 N–H and O–H groups in total. The molecule has 21 heavy (non-hydrogen) atoms. The van der Waals surface area contributed by atoms with Crippen LogP contribution in [0.15, 0.2) is 24.3 Å². The van der Waals surface area contributed by atoms with Gasteiger partial charge in [0, 0.05) is 6.54 Å². The number of nitrogens with one attached hydrogen (secondary N) is 2. The largest absolute Gasteiger partial charge is 0.392 e. The summed E-state index contributed by atoms with van der Waals surface area (Å²) in [7, 11) is 0. The molecular weight excluding hydrogens is 270 g/mol. The SMILES string of the molecule is CC(C)[C@H](N)C(=O)NCC(=O)NCc1ccc(CO)cc1. The molecule has 0 radical (unpaired) electrons. The molecule has 2 amide bonds. The number of aliphatic hydroxyl groups is 1. The molecule has 6 heteroatoms. The number of carbonyl (C=O) groups excluding carboxylic acids is 2. The fourth-order valence-corrected chi connectivity index (χ4v) is 1.61. The van der Waals surface area contributed by atoms with E-state index in [1.54, 1.807) is 12.1 Å². The molecule has 116 valence electrons.